The number of benzene rings is 3. The first-order chi connectivity index (χ1) is 19.7. The van der Waals surface area contributed by atoms with Crippen LogP contribution in [-0.4, -0.2) is 37.0 Å². The average Bonchev–Trinajstić information content (AvgIpc) is 3.47. The molecule has 0 atom stereocenters. The number of amidine groups is 1. The Kier molecular flexibility index (Phi) is 8.89. The molecule has 0 unspecified atom stereocenters. The predicted octanol–water partition coefficient (Wildman–Crippen LogP) is 6.72. The normalized spacial score (nSPS) is 14.5. The predicted molar refractivity (Wildman–Crippen MR) is 154 cm³/mol. The van der Waals surface area contributed by atoms with Crippen LogP contribution in [0.5, 0.6) is 11.5 Å². The van der Waals surface area contributed by atoms with E-state index in [1.54, 1.807) is 6.07 Å². The summed E-state index contributed by atoms with van der Waals surface area (Å²) in [5.41, 5.74) is 7.07. The molecule has 1 aliphatic carbocycles. The number of allylic oxidation sites excluding steroid dienone is 4. The molecule has 6 nitrogen and oxygen atoms in total. The average molecular weight is 538 g/mol. The van der Waals surface area contributed by atoms with Crippen molar-refractivity contribution in [1.82, 2.24) is 4.90 Å². The lowest BCUT2D eigenvalue weighted by Crippen LogP contribution is -2.31. The van der Waals surface area contributed by atoms with Crippen LogP contribution in [0.3, 0.4) is 0 Å². The van der Waals surface area contributed by atoms with Crippen molar-refractivity contribution in [1.29, 1.82) is 5.26 Å². The molecule has 3 aromatic rings. The quantitative estimate of drug-likeness (QED) is 0.272. The lowest BCUT2D eigenvalue weighted by Gasteiger charge is -2.22. The SMILES string of the molecule is Cc1c(COc2ccc(C3=NCCN3CCOF)c(OCc3cccc(C#N)c3)c2)cccc1C1=CCCC=C1. The molecule has 0 spiro atoms. The summed E-state index contributed by atoms with van der Waals surface area (Å²) in [6, 6.07) is 21.6. The van der Waals surface area contributed by atoms with Crippen LogP contribution >= 0.6 is 0 Å². The first-order valence-electron chi connectivity index (χ1n) is 13.5. The number of hydrogen-bond donors (Lipinski definition) is 0. The first kappa shape index (κ1) is 27.2. The molecule has 1 heterocycles. The fourth-order valence-corrected chi connectivity index (χ4v) is 5.02. The van der Waals surface area contributed by atoms with Gasteiger partial charge < -0.3 is 14.4 Å². The van der Waals surface area contributed by atoms with E-state index in [-0.39, 0.29) is 13.2 Å². The van der Waals surface area contributed by atoms with Gasteiger partial charge in [0.1, 0.15) is 37.2 Å². The molecule has 5 rings (SSSR count). The smallest absolute Gasteiger partial charge is 0.134 e. The standard InChI is InChI=1S/C33H32FN3O3/c1-24-28(11-6-12-30(24)27-9-3-2-4-10-27)23-38-29-13-14-31(33-36-15-16-37(33)17-18-40-34)32(20-29)39-22-26-8-5-7-25(19-26)21-35/h3,5-14,19-20H,2,4,15-18,22-23H2,1H3. The minimum Gasteiger partial charge on any atom is -0.489 e. The van der Waals surface area contributed by atoms with Crippen LogP contribution in [0, 0.1) is 18.3 Å². The van der Waals surface area contributed by atoms with Crippen LogP contribution in [0.25, 0.3) is 5.57 Å². The molecule has 0 fully saturated rings. The summed E-state index contributed by atoms with van der Waals surface area (Å²) in [5, 5.41) is 9.26. The highest BCUT2D eigenvalue weighted by Crippen LogP contribution is 2.31. The number of nitrogens with zero attached hydrogens (tertiary/aromatic N) is 3. The van der Waals surface area contributed by atoms with Crippen LogP contribution in [0.4, 0.5) is 4.53 Å². The Morgan fingerprint density at radius 1 is 1.00 bits per heavy atom. The number of halogens is 1. The molecule has 2 aliphatic rings. The zero-order valence-corrected chi connectivity index (χ0v) is 22.6. The second-order valence-electron chi connectivity index (χ2n) is 9.78. The summed E-state index contributed by atoms with van der Waals surface area (Å²) in [4.78, 5) is 10.5. The van der Waals surface area contributed by atoms with Crippen molar-refractivity contribution in [2.75, 3.05) is 26.2 Å². The summed E-state index contributed by atoms with van der Waals surface area (Å²) < 4.78 is 25.0. The minimum atomic E-state index is -0.0392. The Labute approximate surface area is 234 Å². The van der Waals surface area contributed by atoms with Crippen LogP contribution in [-0.2, 0) is 18.2 Å². The maximum Gasteiger partial charge on any atom is 0.134 e. The largest absolute Gasteiger partial charge is 0.489 e. The molecular formula is C33H32FN3O3. The Hall–Kier alpha value is -4.41. The van der Waals surface area contributed by atoms with E-state index in [1.807, 2.05) is 41.3 Å². The van der Waals surface area contributed by atoms with E-state index >= 15 is 0 Å². The molecule has 0 N–H and O–H groups in total. The van der Waals surface area contributed by atoms with E-state index in [0.717, 1.165) is 35.4 Å². The number of ether oxygens (including phenoxy) is 2. The lowest BCUT2D eigenvalue weighted by molar-refractivity contribution is -0.133. The molecule has 0 radical (unpaired) electrons. The van der Waals surface area contributed by atoms with Crippen LogP contribution < -0.4 is 9.47 Å². The molecule has 0 bridgehead atoms. The van der Waals surface area contributed by atoms with Gasteiger partial charge >= 0.3 is 0 Å². The topological polar surface area (TPSA) is 67.1 Å². The lowest BCUT2D eigenvalue weighted by atomic mass is 9.93. The number of rotatable bonds is 11. The molecule has 0 saturated heterocycles. The summed E-state index contributed by atoms with van der Waals surface area (Å²) in [6.45, 7) is 4.48. The summed E-state index contributed by atoms with van der Waals surface area (Å²) in [5.74, 6) is 2.01. The Bertz CT molecular complexity index is 1490. The molecule has 0 aromatic heterocycles. The fourth-order valence-electron chi connectivity index (χ4n) is 5.02. The van der Waals surface area contributed by atoms with Gasteiger partial charge in [0.2, 0.25) is 0 Å². The zero-order chi connectivity index (χ0) is 27.7. The van der Waals surface area contributed by atoms with E-state index in [9.17, 15) is 9.79 Å². The highest BCUT2D eigenvalue weighted by atomic mass is 19.3. The van der Waals surface area contributed by atoms with Gasteiger partial charge in [0.25, 0.3) is 0 Å². The van der Waals surface area contributed by atoms with Gasteiger partial charge in [-0.05, 0) is 76.4 Å². The van der Waals surface area contributed by atoms with E-state index in [2.05, 4.69) is 59.4 Å². The van der Waals surface area contributed by atoms with Crippen LogP contribution in [0.2, 0.25) is 0 Å². The molecule has 40 heavy (non-hydrogen) atoms. The van der Waals surface area contributed by atoms with E-state index in [0.29, 0.717) is 43.3 Å². The summed E-state index contributed by atoms with van der Waals surface area (Å²) in [6.07, 6.45) is 8.85. The molecule has 0 amide bonds. The molecule has 204 valence electrons. The van der Waals surface area contributed by atoms with Gasteiger partial charge in [-0.25, -0.2) is 0 Å². The van der Waals surface area contributed by atoms with Gasteiger partial charge in [-0.15, -0.1) is 0 Å². The van der Waals surface area contributed by atoms with Crippen molar-refractivity contribution in [3.63, 3.8) is 0 Å². The fraction of sp³-hybridized carbons (Fsp3) is 0.273. The van der Waals surface area contributed by atoms with Gasteiger partial charge in [0.05, 0.1) is 23.7 Å². The third kappa shape index (κ3) is 6.41. The van der Waals surface area contributed by atoms with Crippen molar-refractivity contribution in [3.8, 4) is 17.6 Å². The number of nitriles is 1. The van der Waals surface area contributed by atoms with Crippen molar-refractivity contribution >= 4 is 11.4 Å². The molecule has 3 aromatic carbocycles. The minimum absolute atomic E-state index is 0.0392. The van der Waals surface area contributed by atoms with Gasteiger partial charge in [0.15, 0.2) is 0 Å². The third-order valence-electron chi connectivity index (χ3n) is 7.16. The van der Waals surface area contributed by atoms with Gasteiger partial charge in [-0.2, -0.15) is 10.2 Å². The Morgan fingerprint density at radius 2 is 1.90 bits per heavy atom. The second kappa shape index (κ2) is 13.1. The molecule has 0 saturated carbocycles. The van der Waals surface area contributed by atoms with Crippen LogP contribution in [0.15, 0.2) is 83.9 Å². The van der Waals surface area contributed by atoms with E-state index in [4.69, 9.17) is 9.47 Å². The van der Waals surface area contributed by atoms with Gasteiger partial charge in [-0.3, -0.25) is 4.99 Å². The van der Waals surface area contributed by atoms with Gasteiger partial charge in [0, 0.05) is 19.2 Å². The Balaban J connectivity index is 1.38. The molecule has 7 heteroatoms. The van der Waals surface area contributed by atoms with Crippen molar-refractivity contribution in [2.45, 2.75) is 33.0 Å². The summed E-state index contributed by atoms with van der Waals surface area (Å²) >= 11 is 0. The van der Waals surface area contributed by atoms with Crippen molar-refractivity contribution in [3.05, 3.63) is 112 Å². The molecule has 1 aliphatic heterocycles. The van der Waals surface area contributed by atoms with E-state index < -0.39 is 0 Å². The van der Waals surface area contributed by atoms with Crippen molar-refractivity contribution < 1.29 is 18.9 Å². The maximum atomic E-state index is 12.4. The highest BCUT2D eigenvalue weighted by molar-refractivity contribution is 6.02. The first-order valence-corrected chi connectivity index (χ1v) is 13.5. The number of hydrogen-bond acceptors (Lipinski definition) is 6. The van der Waals surface area contributed by atoms with Gasteiger partial charge in [-0.1, -0.05) is 48.6 Å². The maximum absolute atomic E-state index is 12.4. The zero-order valence-electron chi connectivity index (χ0n) is 22.6. The second-order valence-corrected chi connectivity index (χ2v) is 9.78. The highest BCUT2D eigenvalue weighted by Gasteiger charge is 2.22. The third-order valence-corrected chi connectivity index (χ3v) is 7.16. The molecular weight excluding hydrogens is 505 g/mol. The van der Waals surface area contributed by atoms with Crippen molar-refractivity contribution in [2.24, 2.45) is 4.99 Å². The van der Waals surface area contributed by atoms with Crippen LogP contribution in [0.1, 0.15) is 46.2 Å². The Morgan fingerprint density at radius 3 is 2.73 bits per heavy atom. The number of aliphatic imine (C=N–C) groups is 1. The summed E-state index contributed by atoms with van der Waals surface area (Å²) in [7, 11) is 0. The van der Waals surface area contributed by atoms with E-state index in [1.165, 1.54) is 16.7 Å². The monoisotopic (exact) mass is 537 g/mol.